The van der Waals surface area contributed by atoms with E-state index in [0.717, 1.165) is 5.56 Å². The molecule has 1 N–H and O–H groups in total. The molecule has 0 aliphatic rings. The number of fused-ring (bicyclic) bond motifs is 1. The first-order valence-electron chi connectivity index (χ1n) is 9.32. The molecule has 0 fully saturated rings. The number of H-pyrrole nitrogens is 1. The van der Waals surface area contributed by atoms with Crippen LogP contribution in [0.3, 0.4) is 0 Å². The van der Waals surface area contributed by atoms with Gasteiger partial charge in [0, 0.05) is 33.9 Å². The van der Waals surface area contributed by atoms with E-state index in [-0.39, 0.29) is 17.9 Å². The third-order valence-corrected chi connectivity index (χ3v) is 5.00. The molecule has 0 amide bonds. The van der Waals surface area contributed by atoms with Crippen LogP contribution >= 0.6 is 11.6 Å². The van der Waals surface area contributed by atoms with Gasteiger partial charge in [-0.05, 0) is 35.4 Å². The standard InChI is InChI=1S/C24H18ClNO4/c25-17-9-10-19-20(13-22(27)28)23(26-21(19)12-17)24(29)16-7-4-8-18(11-16)30-14-15-5-2-1-3-6-15/h1-12,26H,13-14H2,(H,27,28)/p-1. The number of ether oxygens (including phenoxy) is 1. The number of aliphatic carboxylic acids is 1. The third-order valence-electron chi connectivity index (χ3n) is 4.76. The van der Waals surface area contributed by atoms with Gasteiger partial charge in [-0.1, -0.05) is 60.1 Å². The SMILES string of the molecule is O=C([O-])Cc1c(C(=O)c2cccc(OCc3ccccc3)c2)[nH]c2cc(Cl)ccc12. The first-order chi connectivity index (χ1) is 14.5. The van der Waals surface area contributed by atoms with E-state index >= 15 is 0 Å². The predicted molar refractivity (Wildman–Crippen MR) is 113 cm³/mol. The largest absolute Gasteiger partial charge is 0.550 e. The molecule has 4 rings (SSSR count). The number of carboxylic acids is 1. The summed E-state index contributed by atoms with van der Waals surface area (Å²) >= 11 is 6.04. The molecule has 4 aromatic rings. The van der Waals surface area contributed by atoms with E-state index in [1.54, 1.807) is 42.5 Å². The highest BCUT2D eigenvalue weighted by Crippen LogP contribution is 2.28. The maximum atomic E-state index is 13.2. The fourth-order valence-electron chi connectivity index (χ4n) is 3.36. The van der Waals surface area contributed by atoms with Crippen molar-refractivity contribution < 1.29 is 19.4 Å². The van der Waals surface area contributed by atoms with Gasteiger partial charge in [-0.3, -0.25) is 4.79 Å². The Balaban J connectivity index is 1.65. The van der Waals surface area contributed by atoms with Crippen molar-refractivity contribution in [3.63, 3.8) is 0 Å². The summed E-state index contributed by atoms with van der Waals surface area (Å²) in [4.78, 5) is 27.5. The van der Waals surface area contributed by atoms with Gasteiger partial charge in [-0.25, -0.2) is 0 Å². The van der Waals surface area contributed by atoms with Crippen LogP contribution in [-0.4, -0.2) is 16.7 Å². The zero-order valence-corrected chi connectivity index (χ0v) is 16.6. The summed E-state index contributed by atoms with van der Waals surface area (Å²) in [7, 11) is 0. The molecular formula is C24H17ClNO4-. The second-order valence-electron chi connectivity index (χ2n) is 6.85. The van der Waals surface area contributed by atoms with Crippen molar-refractivity contribution in [2.24, 2.45) is 0 Å². The van der Waals surface area contributed by atoms with E-state index in [4.69, 9.17) is 16.3 Å². The van der Waals surface area contributed by atoms with Gasteiger partial charge in [-0.2, -0.15) is 0 Å². The van der Waals surface area contributed by atoms with Gasteiger partial charge in [0.1, 0.15) is 12.4 Å². The Morgan fingerprint density at radius 3 is 2.53 bits per heavy atom. The van der Waals surface area contributed by atoms with Crippen LogP contribution in [0.2, 0.25) is 5.02 Å². The average molecular weight is 419 g/mol. The first-order valence-corrected chi connectivity index (χ1v) is 9.70. The smallest absolute Gasteiger partial charge is 0.209 e. The van der Waals surface area contributed by atoms with Crippen molar-refractivity contribution >= 4 is 34.3 Å². The van der Waals surface area contributed by atoms with Crippen LogP contribution in [0.4, 0.5) is 0 Å². The van der Waals surface area contributed by atoms with Crippen LogP contribution in [0.5, 0.6) is 5.75 Å². The number of aromatic nitrogens is 1. The van der Waals surface area contributed by atoms with Crippen LogP contribution < -0.4 is 9.84 Å². The molecule has 0 bridgehead atoms. The third kappa shape index (κ3) is 4.21. The number of carboxylic acid groups (broad SMARTS) is 1. The lowest BCUT2D eigenvalue weighted by Gasteiger charge is -2.09. The molecule has 5 nitrogen and oxygen atoms in total. The monoisotopic (exact) mass is 418 g/mol. The van der Waals surface area contributed by atoms with E-state index in [0.29, 0.717) is 39.4 Å². The Hall–Kier alpha value is -3.57. The Bertz CT molecular complexity index is 1230. The van der Waals surface area contributed by atoms with Gasteiger partial charge in [0.2, 0.25) is 5.78 Å². The highest BCUT2D eigenvalue weighted by molar-refractivity contribution is 6.31. The molecule has 0 aliphatic heterocycles. The fraction of sp³-hybridized carbons (Fsp3) is 0.0833. The number of nitrogens with one attached hydrogen (secondary N) is 1. The molecule has 0 saturated heterocycles. The Morgan fingerprint density at radius 1 is 0.967 bits per heavy atom. The molecule has 30 heavy (non-hydrogen) atoms. The highest BCUT2D eigenvalue weighted by atomic mass is 35.5. The summed E-state index contributed by atoms with van der Waals surface area (Å²) in [5, 5.41) is 12.4. The van der Waals surface area contributed by atoms with Crippen LogP contribution in [0, 0.1) is 0 Å². The zero-order chi connectivity index (χ0) is 21.1. The topological polar surface area (TPSA) is 82.2 Å². The molecule has 0 aliphatic carbocycles. The van der Waals surface area contributed by atoms with Crippen molar-refractivity contribution in [1.82, 2.24) is 4.98 Å². The van der Waals surface area contributed by atoms with E-state index in [1.807, 2.05) is 30.3 Å². The van der Waals surface area contributed by atoms with Gasteiger partial charge in [0.25, 0.3) is 0 Å². The lowest BCUT2D eigenvalue weighted by molar-refractivity contribution is -0.304. The summed E-state index contributed by atoms with van der Waals surface area (Å²) in [6.45, 7) is 0.374. The first kappa shape index (κ1) is 19.7. The van der Waals surface area contributed by atoms with Crippen LogP contribution in [0.25, 0.3) is 10.9 Å². The molecular weight excluding hydrogens is 402 g/mol. The number of aromatic amines is 1. The minimum Gasteiger partial charge on any atom is -0.550 e. The zero-order valence-electron chi connectivity index (χ0n) is 15.9. The summed E-state index contributed by atoms with van der Waals surface area (Å²) in [6, 6.07) is 21.5. The van der Waals surface area contributed by atoms with Crippen molar-refractivity contribution in [3.8, 4) is 5.75 Å². The van der Waals surface area contributed by atoms with Crippen LogP contribution in [0.1, 0.15) is 27.2 Å². The van der Waals surface area contributed by atoms with Crippen molar-refractivity contribution in [1.29, 1.82) is 0 Å². The molecule has 1 heterocycles. The lowest BCUT2D eigenvalue weighted by atomic mass is 10.0. The normalized spacial score (nSPS) is 10.8. The van der Waals surface area contributed by atoms with E-state index < -0.39 is 5.97 Å². The second-order valence-corrected chi connectivity index (χ2v) is 7.28. The van der Waals surface area contributed by atoms with Crippen molar-refractivity contribution in [3.05, 3.63) is 100 Å². The van der Waals surface area contributed by atoms with Gasteiger partial charge in [-0.15, -0.1) is 0 Å². The number of rotatable bonds is 7. The molecule has 0 atom stereocenters. The second kappa shape index (κ2) is 8.43. The van der Waals surface area contributed by atoms with E-state index in [1.165, 1.54) is 0 Å². The Kier molecular flexibility index (Phi) is 5.55. The number of hydrogen-bond acceptors (Lipinski definition) is 4. The minimum absolute atomic E-state index is 0.205. The lowest BCUT2D eigenvalue weighted by Crippen LogP contribution is -2.25. The Morgan fingerprint density at radius 2 is 1.77 bits per heavy atom. The predicted octanol–water partition coefficient (Wildman–Crippen LogP) is 3.92. The number of benzene rings is 3. The molecule has 1 aromatic heterocycles. The molecule has 0 spiro atoms. The quantitative estimate of drug-likeness (QED) is 0.461. The number of carbonyl (C=O) groups is 2. The summed E-state index contributed by atoms with van der Waals surface area (Å²) < 4.78 is 5.80. The molecule has 3 aromatic carbocycles. The number of ketones is 1. The maximum absolute atomic E-state index is 13.2. The van der Waals surface area contributed by atoms with Gasteiger partial charge < -0.3 is 19.6 Å². The number of hydrogen-bond donors (Lipinski definition) is 1. The number of halogens is 1. The van der Waals surface area contributed by atoms with Crippen LogP contribution in [-0.2, 0) is 17.8 Å². The maximum Gasteiger partial charge on any atom is 0.209 e. The Labute approximate surface area is 177 Å². The van der Waals surface area contributed by atoms with Crippen molar-refractivity contribution in [2.75, 3.05) is 0 Å². The number of carbonyl (C=O) groups excluding carboxylic acids is 2. The molecule has 0 saturated carbocycles. The summed E-state index contributed by atoms with van der Waals surface area (Å²) in [6.07, 6.45) is -0.382. The average Bonchev–Trinajstić information content (AvgIpc) is 3.09. The molecule has 6 heteroatoms. The summed E-state index contributed by atoms with van der Waals surface area (Å²) in [5.74, 6) is -1.05. The molecule has 0 radical (unpaired) electrons. The van der Waals surface area contributed by atoms with Gasteiger partial charge in [0.15, 0.2) is 0 Å². The van der Waals surface area contributed by atoms with E-state index in [2.05, 4.69) is 4.98 Å². The highest BCUT2D eigenvalue weighted by Gasteiger charge is 2.20. The fourth-order valence-corrected chi connectivity index (χ4v) is 3.53. The minimum atomic E-state index is -1.26. The summed E-state index contributed by atoms with van der Waals surface area (Å²) in [5.41, 5.74) is 2.58. The molecule has 150 valence electrons. The van der Waals surface area contributed by atoms with Gasteiger partial charge in [0.05, 0.1) is 5.69 Å². The van der Waals surface area contributed by atoms with E-state index in [9.17, 15) is 14.7 Å². The van der Waals surface area contributed by atoms with Crippen LogP contribution in [0.15, 0.2) is 72.8 Å². The van der Waals surface area contributed by atoms with Crippen molar-refractivity contribution in [2.45, 2.75) is 13.0 Å². The molecule has 0 unspecified atom stereocenters. The van der Waals surface area contributed by atoms with Gasteiger partial charge >= 0.3 is 0 Å².